The highest BCUT2D eigenvalue weighted by Gasteiger charge is 2.35. The molecule has 0 spiro atoms. The molecule has 0 aliphatic rings. The molecule has 6 nitrogen and oxygen atoms in total. The average molecular weight is 448 g/mol. The minimum atomic E-state index is -4.97. The van der Waals surface area contributed by atoms with Crippen LogP contribution in [0.3, 0.4) is 0 Å². The molecule has 0 N–H and O–H groups in total. The SMILES string of the molecule is C=C(C)Cn1c(=O)n(CC(=C)C)c(=O)n(Cc2c(C(F)(F)F)ccc(Cl)c2F)c1=O. The Balaban J connectivity index is 2.87. The van der Waals surface area contributed by atoms with Crippen LogP contribution < -0.4 is 17.1 Å². The molecule has 1 heterocycles. The van der Waals surface area contributed by atoms with E-state index >= 15 is 0 Å². The van der Waals surface area contributed by atoms with Crippen LogP contribution >= 0.6 is 11.6 Å². The predicted octanol–water partition coefficient (Wildman–Crippen LogP) is 3.18. The van der Waals surface area contributed by atoms with Gasteiger partial charge in [0.2, 0.25) is 0 Å². The van der Waals surface area contributed by atoms with Crippen molar-refractivity contribution in [2.75, 3.05) is 0 Å². The predicted molar refractivity (Wildman–Crippen MR) is 104 cm³/mol. The van der Waals surface area contributed by atoms with E-state index in [2.05, 4.69) is 13.2 Å². The van der Waals surface area contributed by atoms with Crippen molar-refractivity contribution in [3.05, 3.63) is 89.9 Å². The van der Waals surface area contributed by atoms with Crippen LogP contribution in [0.4, 0.5) is 17.6 Å². The largest absolute Gasteiger partial charge is 0.416 e. The lowest BCUT2D eigenvalue weighted by atomic mass is 10.1. The molecule has 11 heteroatoms. The van der Waals surface area contributed by atoms with Crippen LogP contribution in [-0.2, 0) is 25.8 Å². The lowest BCUT2D eigenvalue weighted by Crippen LogP contribution is -2.55. The summed E-state index contributed by atoms with van der Waals surface area (Å²) in [5.41, 5.74) is -4.99. The van der Waals surface area contributed by atoms with Crippen molar-refractivity contribution in [2.45, 2.75) is 39.7 Å². The Morgan fingerprint density at radius 3 is 1.77 bits per heavy atom. The van der Waals surface area contributed by atoms with Gasteiger partial charge in [0.25, 0.3) is 0 Å². The Kier molecular flexibility index (Phi) is 6.60. The summed E-state index contributed by atoms with van der Waals surface area (Å²) in [6.07, 6.45) is -4.97. The third-order valence-corrected chi connectivity index (χ3v) is 4.35. The smallest absolute Gasteiger partial charge is 0.247 e. The first kappa shape index (κ1) is 23.4. The second kappa shape index (κ2) is 8.47. The van der Waals surface area contributed by atoms with Gasteiger partial charge < -0.3 is 0 Å². The lowest BCUT2D eigenvalue weighted by molar-refractivity contribution is -0.138. The molecule has 1 aromatic carbocycles. The highest BCUT2D eigenvalue weighted by Crippen LogP contribution is 2.35. The van der Waals surface area contributed by atoms with Gasteiger partial charge in [-0.2, -0.15) is 13.2 Å². The normalized spacial score (nSPS) is 11.6. The van der Waals surface area contributed by atoms with Crippen molar-refractivity contribution < 1.29 is 17.6 Å². The maximum absolute atomic E-state index is 14.5. The zero-order valence-electron chi connectivity index (χ0n) is 16.1. The van der Waals surface area contributed by atoms with Gasteiger partial charge in [0.1, 0.15) is 5.82 Å². The summed E-state index contributed by atoms with van der Waals surface area (Å²) in [5.74, 6) is -1.41. The Morgan fingerprint density at radius 1 is 0.933 bits per heavy atom. The zero-order chi connectivity index (χ0) is 23.0. The molecule has 2 rings (SSSR count). The fraction of sp³-hybridized carbons (Fsp3) is 0.316. The molecule has 0 aliphatic heterocycles. The molecule has 162 valence electrons. The molecule has 0 unspecified atom stereocenters. The molecule has 0 fully saturated rings. The molecule has 0 bridgehead atoms. The van der Waals surface area contributed by atoms with Crippen LogP contribution in [0.5, 0.6) is 0 Å². The quantitative estimate of drug-likeness (QED) is 0.504. The zero-order valence-corrected chi connectivity index (χ0v) is 16.9. The molecule has 0 saturated heterocycles. The minimum absolute atomic E-state index is 0.279. The Hall–Kier alpha value is -2.88. The fourth-order valence-corrected chi connectivity index (χ4v) is 2.98. The Morgan fingerprint density at radius 2 is 1.37 bits per heavy atom. The summed E-state index contributed by atoms with van der Waals surface area (Å²) in [4.78, 5) is 38.1. The third kappa shape index (κ3) is 4.64. The van der Waals surface area contributed by atoms with E-state index in [1.54, 1.807) is 0 Å². The molecule has 0 amide bonds. The highest BCUT2D eigenvalue weighted by molar-refractivity contribution is 6.30. The van der Waals surface area contributed by atoms with Crippen molar-refractivity contribution in [3.8, 4) is 0 Å². The van der Waals surface area contributed by atoms with Gasteiger partial charge in [-0.15, -0.1) is 0 Å². The second-order valence-electron chi connectivity index (χ2n) is 6.91. The van der Waals surface area contributed by atoms with E-state index in [9.17, 15) is 31.9 Å². The highest BCUT2D eigenvalue weighted by atomic mass is 35.5. The van der Waals surface area contributed by atoms with Crippen LogP contribution in [0.1, 0.15) is 25.0 Å². The maximum Gasteiger partial charge on any atom is 0.416 e. The molecule has 2 aromatic rings. The van der Waals surface area contributed by atoms with Crippen LogP contribution in [0.2, 0.25) is 5.02 Å². The Bertz CT molecular complexity index is 1150. The number of aromatic nitrogens is 3. The molecule has 0 saturated carbocycles. The topological polar surface area (TPSA) is 66.0 Å². The first-order valence-corrected chi connectivity index (χ1v) is 8.90. The van der Waals surface area contributed by atoms with Crippen LogP contribution in [-0.4, -0.2) is 13.7 Å². The van der Waals surface area contributed by atoms with Crippen LogP contribution in [0.15, 0.2) is 50.8 Å². The van der Waals surface area contributed by atoms with Crippen LogP contribution in [0, 0.1) is 5.82 Å². The maximum atomic E-state index is 14.5. The van der Waals surface area contributed by atoms with E-state index in [0.29, 0.717) is 30.9 Å². The summed E-state index contributed by atoms with van der Waals surface area (Å²) in [7, 11) is 0. The van der Waals surface area contributed by atoms with E-state index in [4.69, 9.17) is 11.6 Å². The van der Waals surface area contributed by atoms with Crippen molar-refractivity contribution >= 4 is 11.6 Å². The Labute approximate surface area is 172 Å². The summed E-state index contributed by atoms with van der Waals surface area (Å²) in [6, 6.07) is 1.29. The van der Waals surface area contributed by atoms with E-state index in [0.717, 1.165) is 6.07 Å². The lowest BCUT2D eigenvalue weighted by Gasteiger charge is -2.17. The number of hydrogen-bond acceptors (Lipinski definition) is 3. The standard InChI is InChI=1S/C19H18ClF4N3O3/c1-10(2)7-25-16(28)26(8-11(3)4)18(30)27(17(25)29)9-12-13(19(22,23)24)5-6-14(20)15(12)21/h5-6H,1,3,7-9H2,2,4H3. The summed E-state index contributed by atoms with van der Waals surface area (Å²) in [6.45, 7) is 8.58. The van der Waals surface area contributed by atoms with E-state index in [1.165, 1.54) is 13.8 Å². The molecule has 0 atom stereocenters. The van der Waals surface area contributed by atoms with Gasteiger partial charge in [-0.3, -0.25) is 0 Å². The van der Waals surface area contributed by atoms with E-state index in [-0.39, 0.29) is 13.1 Å². The summed E-state index contributed by atoms with van der Waals surface area (Å²) < 4.78 is 56.2. The monoisotopic (exact) mass is 447 g/mol. The van der Waals surface area contributed by atoms with Crippen molar-refractivity contribution in [2.24, 2.45) is 0 Å². The summed E-state index contributed by atoms with van der Waals surface area (Å²) in [5, 5.41) is -0.608. The molecule has 1 aromatic heterocycles. The molecular weight excluding hydrogens is 430 g/mol. The van der Waals surface area contributed by atoms with Crippen molar-refractivity contribution in [1.29, 1.82) is 0 Å². The first-order valence-electron chi connectivity index (χ1n) is 8.53. The van der Waals surface area contributed by atoms with Gasteiger partial charge in [-0.25, -0.2) is 32.5 Å². The number of allylic oxidation sites excluding steroid dienone is 2. The molecule has 0 radical (unpaired) electrons. The van der Waals surface area contributed by atoms with Gasteiger partial charge in [0.05, 0.1) is 30.2 Å². The number of halogens is 5. The number of alkyl halides is 3. The fourth-order valence-electron chi connectivity index (χ4n) is 2.80. The average Bonchev–Trinajstić information content (AvgIpc) is 2.61. The van der Waals surface area contributed by atoms with Crippen LogP contribution in [0.25, 0.3) is 0 Å². The van der Waals surface area contributed by atoms with Gasteiger partial charge in [0.15, 0.2) is 0 Å². The summed E-state index contributed by atoms with van der Waals surface area (Å²) >= 11 is 5.62. The number of benzene rings is 1. The second-order valence-corrected chi connectivity index (χ2v) is 7.31. The number of nitrogens with zero attached hydrogens (tertiary/aromatic N) is 3. The van der Waals surface area contributed by atoms with Crippen molar-refractivity contribution in [1.82, 2.24) is 13.7 Å². The van der Waals surface area contributed by atoms with E-state index < -0.39 is 51.8 Å². The van der Waals surface area contributed by atoms with Gasteiger partial charge >= 0.3 is 23.2 Å². The van der Waals surface area contributed by atoms with Gasteiger partial charge in [-0.1, -0.05) is 35.9 Å². The van der Waals surface area contributed by atoms with Gasteiger partial charge in [0, 0.05) is 5.56 Å². The minimum Gasteiger partial charge on any atom is -0.247 e. The number of hydrogen-bond donors (Lipinski definition) is 0. The van der Waals surface area contributed by atoms with E-state index in [1.807, 2.05) is 0 Å². The third-order valence-electron chi connectivity index (χ3n) is 4.06. The first-order chi connectivity index (χ1) is 13.8. The molecular formula is C19H18ClF4N3O3. The van der Waals surface area contributed by atoms with Gasteiger partial charge in [-0.05, 0) is 26.0 Å². The number of rotatable bonds is 6. The molecule has 30 heavy (non-hydrogen) atoms. The van der Waals surface area contributed by atoms with Crippen molar-refractivity contribution in [3.63, 3.8) is 0 Å². The molecule has 0 aliphatic carbocycles.